The molecule has 1 fully saturated rings. The van der Waals surface area contributed by atoms with Crippen LogP contribution in [0.1, 0.15) is 6.42 Å². The first-order valence-electron chi connectivity index (χ1n) is 6.09. The predicted molar refractivity (Wildman–Crippen MR) is 71.1 cm³/mol. The lowest BCUT2D eigenvalue weighted by Crippen LogP contribution is -2.40. The van der Waals surface area contributed by atoms with Crippen molar-refractivity contribution in [1.29, 1.82) is 0 Å². The Labute approximate surface area is 107 Å². The molecule has 1 heterocycles. The van der Waals surface area contributed by atoms with Crippen molar-refractivity contribution in [2.45, 2.75) is 12.5 Å². The van der Waals surface area contributed by atoms with E-state index >= 15 is 0 Å². The number of likely N-dealkylation sites (N-methyl/N-ethyl adjacent to an activating group) is 1. The van der Waals surface area contributed by atoms with Gasteiger partial charge in [-0.1, -0.05) is 0 Å². The van der Waals surface area contributed by atoms with Gasteiger partial charge in [0, 0.05) is 25.3 Å². The van der Waals surface area contributed by atoms with E-state index < -0.39 is 0 Å². The van der Waals surface area contributed by atoms with Crippen molar-refractivity contribution in [3.05, 3.63) is 24.3 Å². The average molecular weight is 249 g/mol. The van der Waals surface area contributed by atoms with E-state index in [1.807, 2.05) is 31.3 Å². The van der Waals surface area contributed by atoms with Crippen LogP contribution in [0.25, 0.3) is 0 Å². The molecule has 1 aromatic rings. The molecule has 0 radical (unpaired) electrons. The highest BCUT2D eigenvalue weighted by atomic mass is 16.5. The van der Waals surface area contributed by atoms with Gasteiger partial charge >= 0.3 is 6.03 Å². The Hall–Kier alpha value is -1.75. The number of nitrogens with one attached hydrogen (secondary N) is 2. The fraction of sp³-hybridized carbons (Fsp3) is 0.462. The largest absolute Gasteiger partial charge is 0.497 e. The minimum Gasteiger partial charge on any atom is -0.497 e. The van der Waals surface area contributed by atoms with Gasteiger partial charge in [0.25, 0.3) is 0 Å². The summed E-state index contributed by atoms with van der Waals surface area (Å²) in [5.74, 6) is 0.779. The number of methoxy groups -OCH3 is 1. The van der Waals surface area contributed by atoms with Crippen molar-refractivity contribution in [2.75, 3.05) is 32.6 Å². The van der Waals surface area contributed by atoms with Crippen LogP contribution in [-0.2, 0) is 0 Å². The molecule has 0 saturated carbocycles. The Morgan fingerprint density at radius 2 is 2.17 bits per heavy atom. The lowest BCUT2D eigenvalue weighted by atomic mass is 10.2. The summed E-state index contributed by atoms with van der Waals surface area (Å²) in [5.41, 5.74) is 0.776. The van der Waals surface area contributed by atoms with E-state index in [1.54, 1.807) is 12.0 Å². The summed E-state index contributed by atoms with van der Waals surface area (Å²) in [5, 5.41) is 6.12. The summed E-state index contributed by atoms with van der Waals surface area (Å²) in [6, 6.07) is 7.52. The Bertz CT molecular complexity index is 399. The van der Waals surface area contributed by atoms with E-state index in [4.69, 9.17) is 4.74 Å². The van der Waals surface area contributed by atoms with Crippen LogP contribution in [0.3, 0.4) is 0 Å². The van der Waals surface area contributed by atoms with E-state index in [9.17, 15) is 4.79 Å². The Balaban J connectivity index is 1.93. The maximum Gasteiger partial charge on any atom is 0.321 e. The van der Waals surface area contributed by atoms with Gasteiger partial charge in [0.15, 0.2) is 0 Å². The van der Waals surface area contributed by atoms with Crippen LogP contribution in [0.5, 0.6) is 5.75 Å². The molecule has 0 bridgehead atoms. The van der Waals surface area contributed by atoms with Gasteiger partial charge in [0.2, 0.25) is 0 Å². The van der Waals surface area contributed by atoms with Gasteiger partial charge in [0.05, 0.1) is 7.11 Å². The molecular formula is C13H19N3O2. The Kier molecular flexibility index (Phi) is 4.04. The lowest BCUT2D eigenvalue weighted by molar-refractivity contribution is 0.207. The van der Waals surface area contributed by atoms with Gasteiger partial charge in [0.1, 0.15) is 5.75 Å². The Morgan fingerprint density at radius 1 is 1.44 bits per heavy atom. The zero-order valence-electron chi connectivity index (χ0n) is 10.8. The summed E-state index contributed by atoms with van der Waals surface area (Å²) in [7, 11) is 3.45. The highest BCUT2D eigenvalue weighted by Gasteiger charge is 2.22. The SMILES string of the molecule is COc1ccc(NC(=O)N(C)C2CCNC2)cc1. The molecule has 98 valence electrons. The molecule has 1 aromatic carbocycles. The van der Waals surface area contributed by atoms with E-state index in [1.165, 1.54) is 0 Å². The first-order chi connectivity index (χ1) is 8.70. The van der Waals surface area contributed by atoms with E-state index in [2.05, 4.69) is 10.6 Å². The molecule has 1 unspecified atom stereocenters. The van der Waals surface area contributed by atoms with Gasteiger partial charge in [-0.05, 0) is 37.2 Å². The second-order valence-corrected chi connectivity index (χ2v) is 4.42. The molecule has 2 N–H and O–H groups in total. The molecule has 0 spiro atoms. The van der Waals surface area contributed by atoms with E-state index in [-0.39, 0.29) is 12.1 Å². The van der Waals surface area contributed by atoms with Crippen LogP contribution in [0.4, 0.5) is 10.5 Å². The number of carbonyl (C=O) groups excluding carboxylic acids is 1. The van der Waals surface area contributed by atoms with Gasteiger partial charge in [-0.15, -0.1) is 0 Å². The van der Waals surface area contributed by atoms with Gasteiger partial charge in [-0.25, -0.2) is 4.79 Å². The molecule has 2 rings (SSSR count). The number of ether oxygens (including phenoxy) is 1. The summed E-state index contributed by atoms with van der Waals surface area (Å²) in [6.45, 7) is 1.84. The minimum absolute atomic E-state index is 0.0751. The Morgan fingerprint density at radius 3 is 2.72 bits per heavy atom. The van der Waals surface area contributed by atoms with Crippen molar-refractivity contribution in [1.82, 2.24) is 10.2 Å². The third-order valence-electron chi connectivity index (χ3n) is 3.24. The fourth-order valence-electron chi connectivity index (χ4n) is 2.02. The summed E-state index contributed by atoms with van der Waals surface area (Å²) >= 11 is 0. The van der Waals surface area contributed by atoms with Crippen LogP contribution >= 0.6 is 0 Å². The molecule has 1 atom stereocenters. The predicted octanol–water partition coefficient (Wildman–Crippen LogP) is 1.52. The number of rotatable bonds is 3. The van der Waals surface area contributed by atoms with Crippen LogP contribution in [0.15, 0.2) is 24.3 Å². The normalized spacial score (nSPS) is 18.4. The van der Waals surface area contributed by atoms with Crippen LogP contribution in [-0.4, -0.2) is 44.2 Å². The molecule has 5 heteroatoms. The first-order valence-corrected chi connectivity index (χ1v) is 6.09. The van der Waals surface area contributed by atoms with Crippen molar-refractivity contribution in [3.63, 3.8) is 0 Å². The van der Waals surface area contributed by atoms with Crippen LogP contribution in [0, 0.1) is 0 Å². The standard InChI is InChI=1S/C13H19N3O2/c1-16(11-7-8-14-9-11)13(17)15-10-3-5-12(18-2)6-4-10/h3-6,11,14H,7-9H2,1-2H3,(H,15,17). The summed E-state index contributed by atoms with van der Waals surface area (Å²) in [4.78, 5) is 13.8. The number of urea groups is 1. The smallest absolute Gasteiger partial charge is 0.321 e. The van der Waals surface area contributed by atoms with Crippen molar-refractivity contribution in [2.24, 2.45) is 0 Å². The third kappa shape index (κ3) is 2.92. The van der Waals surface area contributed by atoms with Crippen molar-refractivity contribution < 1.29 is 9.53 Å². The lowest BCUT2D eigenvalue weighted by Gasteiger charge is -2.24. The second kappa shape index (κ2) is 5.73. The monoisotopic (exact) mass is 249 g/mol. The zero-order valence-corrected chi connectivity index (χ0v) is 10.8. The first kappa shape index (κ1) is 12.7. The molecule has 1 saturated heterocycles. The van der Waals surface area contributed by atoms with E-state index in [0.29, 0.717) is 0 Å². The van der Waals surface area contributed by atoms with Gasteiger partial charge in [-0.2, -0.15) is 0 Å². The molecule has 2 amide bonds. The molecule has 0 aromatic heterocycles. The number of amides is 2. The number of hydrogen-bond acceptors (Lipinski definition) is 3. The van der Waals surface area contributed by atoms with Crippen molar-refractivity contribution >= 4 is 11.7 Å². The molecule has 18 heavy (non-hydrogen) atoms. The number of nitrogens with zero attached hydrogens (tertiary/aromatic N) is 1. The molecular weight excluding hydrogens is 230 g/mol. The van der Waals surface area contributed by atoms with E-state index in [0.717, 1.165) is 30.9 Å². The second-order valence-electron chi connectivity index (χ2n) is 4.42. The molecule has 1 aliphatic rings. The summed E-state index contributed by atoms with van der Waals surface area (Å²) < 4.78 is 5.07. The fourth-order valence-corrected chi connectivity index (χ4v) is 2.02. The number of anilines is 1. The highest BCUT2D eigenvalue weighted by molar-refractivity contribution is 5.89. The topological polar surface area (TPSA) is 53.6 Å². The van der Waals surface area contributed by atoms with Crippen LogP contribution < -0.4 is 15.4 Å². The third-order valence-corrected chi connectivity index (χ3v) is 3.24. The maximum absolute atomic E-state index is 12.0. The number of hydrogen-bond donors (Lipinski definition) is 2. The number of carbonyl (C=O) groups is 1. The van der Waals surface area contributed by atoms with Gasteiger partial charge < -0.3 is 20.3 Å². The maximum atomic E-state index is 12.0. The minimum atomic E-state index is -0.0751. The summed E-state index contributed by atoms with van der Waals surface area (Å²) in [6.07, 6.45) is 1.01. The molecule has 0 aliphatic carbocycles. The highest BCUT2D eigenvalue weighted by Crippen LogP contribution is 2.16. The van der Waals surface area contributed by atoms with Gasteiger partial charge in [-0.3, -0.25) is 0 Å². The molecule has 5 nitrogen and oxygen atoms in total. The van der Waals surface area contributed by atoms with Crippen LogP contribution in [0.2, 0.25) is 0 Å². The van der Waals surface area contributed by atoms with Crippen molar-refractivity contribution in [3.8, 4) is 5.75 Å². The average Bonchev–Trinajstić information content (AvgIpc) is 2.92. The zero-order chi connectivity index (χ0) is 13.0. The number of benzene rings is 1. The quantitative estimate of drug-likeness (QED) is 0.854. The molecule has 1 aliphatic heterocycles.